The van der Waals surface area contributed by atoms with Crippen LogP contribution in [0.1, 0.15) is 0 Å². The summed E-state index contributed by atoms with van der Waals surface area (Å²) in [5.74, 6) is 0. The van der Waals surface area contributed by atoms with Gasteiger partial charge in [0.1, 0.15) is 0 Å². The van der Waals surface area contributed by atoms with Gasteiger partial charge in [0.25, 0.3) is 0 Å². The Hall–Kier alpha value is -2.48. The van der Waals surface area contributed by atoms with Gasteiger partial charge in [0.2, 0.25) is 0 Å². The van der Waals surface area contributed by atoms with Gasteiger partial charge < -0.3 is 0 Å². The molecule has 4 aromatic rings. The summed E-state index contributed by atoms with van der Waals surface area (Å²) < 4.78 is 0. The quantitative estimate of drug-likeness (QED) is 0.428. The predicted molar refractivity (Wildman–Crippen MR) is 74.6 cm³/mol. The molecule has 2 heteroatoms. The minimum absolute atomic E-state index is 1.02. The Bertz CT molecular complexity index is 811. The molecule has 84 valence electrons. The Morgan fingerprint density at radius 2 is 1.67 bits per heavy atom. The fourth-order valence-electron chi connectivity index (χ4n) is 2.52. The Morgan fingerprint density at radius 3 is 2.67 bits per heavy atom. The average molecular weight is 230 g/mol. The molecule has 0 saturated heterocycles. The van der Waals surface area contributed by atoms with Crippen LogP contribution in [0.4, 0.5) is 0 Å². The van der Waals surface area contributed by atoms with Gasteiger partial charge in [-0.05, 0) is 22.9 Å². The lowest BCUT2D eigenvalue weighted by molar-refractivity contribution is 1.37. The van der Waals surface area contributed by atoms with Gasteiger partial charge in [-0.1, -0.05) is 30.3 Å². The molecule has 0 unspecified atom stereocenters. The Kier molecular flexibility index (Phi) is 1.86. The van der Waals surface area contributed by atoms with Crippen LogP contribution in [0.15, 0.2) is 61.1 Å². The largest absolute Gasteiger partial charge is 0.264 e. The summed E-state index contributed by atoms with van der Waals surface area (Å²) in [7, 11) is 0. The Labute approximate surface area is 104 Å². The van der Waals surface area contributed by atoms with E-state index in [1.165, 1.54) is 26.9 Å². The van der Waals surface area contributed by atoms with Gasteiger partial charge in [-0.2, -0.15) is 0 Å². The summed E-state index contributed by atoms with van der Waals surface area (Å²) in [6.07, 6.45) is 5.68. The monoisotopic (exact) mass is 230 g/mol. The summed E-state index contributed by atoms with van der Waals surface area (Å²) in [6, 6.07) is 14.6. The third-order valence-corrected chi connectivity index (χ3v) is 3.37. The number of aromatic nitrogens is 2. The van der Waals surface area contributed by atoms with Crippen molar-refractivity contribution in [3.63, 3.8) is 0 Å². The highest BCUT2D eigenvalue weighted by molar-refractivity contribution is 6.18. The maximum atomic E-state index is 4.53. The van der Waals surface area contributed by atoms with E-state index in [9.17, 15) is 0 Å². The van der Waals surface area contributed by atoms with Gasteiger partial charge in [0.05, 0.1) is 5.52 Å². The second-order valence-corrected chi connectivity index (χ2v) is 4.40. The number of hydrogen-bond acceptors (Lipinski definition) is 2. The number of hydrogen-bond donors (Lipinski definition) is 0. The van der Waals surface area contributed by atoms with Crippen LogP contribution >= 0.6 is 0 Å². The van der Waals surface area contributed by atoms with E-state index in [1.54, 1.807) is 0 Å². The minimum atomic E-state index is 1.02. The summed E-state index contributed by atoms with van der Waals surface area (Å²) >= 11 is 0. The van der Waals surface area contributed by atoms with Crippen molar-refractivity contribution < 1.29 is 0 Å². The molecule has 2 nitrogen and oxygen atoms in total. The number of pyridine rings is 2. The van der Waals surface area contributed by atoms with Gasteiger partial charge in [0.15, 0.2) is 0 Å². The first-order valence-electron chi connectivity index (χ1n) is 5.94. The van der Waals surface area contributed by atoms with Crippen molar-refractivity contribution in [2.24, 2.45) is 0 Å². The van der Waals surface area contributed by atoms with E-state index in [-0.39, 0.29) is 0 Å². The second kappa shape index (κ2) is 3.50. The minimum Gasteiger partial charge on any atom is -0.264 e. The molecule has 0 atom stereocenters. The van der Waals surface area contributed by atoms with Gasteiger partial charge in [-0.3, -0.25) is 9.97 Å². The van der Waals surface area contributed by atoms with Crippen molar-refractivity contribution in [2.75, 3.05) is 0 Å². The summed E-state index contributed by atoms with van der Waals surface area (Å²) in [6.45, 7) is 0. The van der Waals surface area contributed by atoms with Crippen molar-refractivity contribution in [2.45, 2.75) is 0 Å². The number of fused-ring (bicyclic) bond motifs is 5. The number of benzene rings is 2. The molecule has 2 aromatic carbocycles. The van der Waals surface area contributed by atoms with E-state index in [1.807, 2.05) is 30.7 Å². The van der Waals surface area contributed by atoms with E-state index in [0.717, 1.165) is 5.52 Å². The first-order valence-corrected chi connectivity index (χ1v) is 5.94. The fourth-order valence-corrected chi connectivity index (χ4v) is 2.52. The molecule has 0 aliphatic carbocycles. The standard InChI is InChI=1S/C16H10N2/c1-2-4-13-12(3-1)9-18-15-6-5-11-7-8-17-10-14(11)16(13)15/h1-10H. The van der Waals surface area contributed by atoms with Crippen LogP contribution in [-0.2, 0) is 0 Å². The summed E-state index contributed by atoms with van der Waals surface area (Å²) in [4.78, 5) is 8.77. The number of rotatable bonds is 0. The van der Waals surface area contributed by atoms with Crippen LogP contribution in [0.3, 0.4) is 0 Å². The molecule has 2 heterocycles. The molecule has 0 aliphatic rings. The first-order chi connectivity index (χ1) is 8.93. The molecular formula is C16H10N2. The van der Waals surface area contributed by atoms with Gasteiger partial charge in [-0.25, -0.2) is 0 Å². The molecule has 0 aliphatic heterocycles. The normalized spacial score (nSPS) is 11.3. The average Bonchev–Trinajstić information content (AvgIpc) is 2.46. The third-order valence-electron chi connectivity index (χ3n) is 3.37. The van der Waals surface area contributed by atoms with E-state index in [2.05, 4.69) is 40.3 Å². The van der Waals surface area contributed by atoms with E-state index >= 15 is 0 Å². The lowest BCUT2D eigenvalue weighted by Crippen LogP contribution is -1.84. The third kappa shape index (κ3) is 1.23. The van der Waals surface area contributed by atoms with Gasteiger partial charge in [0, 0.05) is 34.7 Å². The Morgan fingerprint density at radius 1 is 0.722 bits per heavy atom. The molecule has 0 spiro atoms. The lowest BCUT2D eigenvalue weighted by atomic mass is 10.0. The topological polar surface area (TPSA) is 25.8 Å². The maximum Gasteiger partial charge on any atom is 0.0715 e. The highest BCUT2D eigenvalue weighted by Crippen LogP contribution is 2.29. The van der Waals surface area contributed by atoms with Crippen LogP contribution < -0.4 is 0 Å². The fraction of sp³-hybridized carbons (Fsp3) is 0. The molecule has 0 radical (unpaired) electrons. The van der Waals surface area contributed by atoms with Crippen molar-refractivity contribution in [1.82, 2.24) is 9.97 Å². The Balaban J connectivity index is 2.38. The van der Waals surface area contributed by atoms with Crippen LogP contribution in [-0.4, -0.2) is 9.97 Å². The molecular weight excluding hydrogens is 220 g/mol. The zero-order chi connectivity index (χ0) is 11.9. The van der Waals surface area contributed by atoms with Gasteiger partial charge in [-0.15, -0.1) is 0 Å². The molecule has 18 heavy (non-hydrogen) atoms. The number of nitrogens with zero attached hydrogens (tertiary/aromatic N) is 2. The molecule has 0 fully saturated rings. The highest BCUT2D eigenvalue weighted by atomic mass is 14.7. The van der Waals surface area contributed by atoms with Crippen LogP contribution in [0.2, 0.25) is 0 Å². The van der Waals surface area contributed by atoms with Crippen LogP contribution in [0.25, 0.3) is 32.4 Å². The van der Waals surface area contributed by atoms with Crippen molar-refractivity contribution >= 4 is 32.4 Å². The predicted octanol–water partition coefficient (Wildman–Crippen LogP) is 3.94. The molecule has 0 amide bonds. The maximum absolute atomic E-state index is 4.53. The molecule has 0 bridgehead atoms. The van der Waals surface area contributed by atoms with E-state index in [4.69, 9.17) is 0 Å². The zero-order valence-corrected chi connectivity index (χ0v) is 9.67. The second-order valence-electron chi connectivity index (χ2n) is 4.40. The van der Waals surface area contributed by atoms with E-state index < -0.39 is 0 Å². The van der Waals surface area contributed by atoms with E-state index in [0.29, 0.717) is 0 Å². The smallest absolute Gasteiger partial charge is 0.0715 e. The summed E-state index contributed by atoms with van der Waals surface area (Å²) in [5.41, 5.74) is 1.02. The first kappa shape index (κ1) is 9.54. The molecule has 0 N–H and O–H groups in total. The SMILES string of the molecule is c1ccc2c(c1)cnc1ccc3ccncc3c12. The van der Waals surface area contributed by atoms with Crippen LogP contribution in [0.5, 0.6) is 0 Å². The molecule has 0 saturated carbocycles. The van der Waals surface area contributed by atoms with Crippen molar-refractivity contribution in [1.29, 1.82) is 0 Å². The zero-order valence-electron chi connectivity index (χ0n) is 9.67. The summed E-state index contributed by atoms with van der Waals surface area (Å²) in [5, 5.41) is 5.97. The van der Waals surface area contributed by atoms with Gasteiger partial charge >= 0.3 is 0 Å². The van der Waals surface area contributed by atoms with Crippen LogP contribution in [0, 0.1) is 0 Å². The lowest BCUT2D eigenvalue weighted by Gasteiger charge is -2.06. The van der Waals surface area contributed by atoms with Crippen molar-refractivity contribution in [3.05, 3.63) is 61.1 Å². The van der Waals surface area contributed by atoms with Crippen molar-refractivity contribution in [3.8, 4) is 0 Å². The molecule has 2 aromatic heterocycles. The highest BCUT2D eigenvalue weighted by Gasteiger charge is 2.05. The molecule has 4 rings (SSSR count).